The minimum Gasteiger partial charge on any atom is -0.339 e. The molecule has 0 fully saturated rings. The van der Waals surface area contributed by atoms with Gasteiger partial charge in [-0.3, -0.25) is 18.6 Å². The van der Waals surface area contributed by atoms with Crippen molar-refractivity contribution in [3.8, 4) is 17.5 Å². The Morgan fingerprint density at radius 1 is 0.683 bits per heavy atom. The third-order valence-corrected chi connectivity index (χ3v) is 11.9. The minimum absolute atomic E-state index is 0.00541. The van der Waals surface area contributed by atoms with E-state index < -0.39 is 30.4 Å². The van der Waals surface area contributed by atoms with Crippen LogP contribution in [0.1, 0.15) is 11.1 Å². The van der Waals surface area contributed by atoms with Gasteiger partial charge in [-0.05, 0) is 85.1 Å². The van der Waals surface area contributed by atoms with E-state index in [0.717, 1.165) is 35.6 Å². The van der Waals surface area contributed by atoms with Crippen LogP contribution in [0.25, 0.3) is 22.2 Å². The standard InChI is InChI=1S/C37H26N10O9S4/c1-21-29(20-38)34(40-23-9-13-26(14-10-23)58(48,49)50)43-35(41-24-11-15-27(16-12-24)59(51,52)53)32(21)45-47-37-42-33(30-8-4-5-17-39-30)36(57-37)46-44-25-18-22-6-2-3-7-28(22)31(19-25)60(54,55)56/h2-19H,1H3,(H2,40,41,43)(H,48,49,50)(H,51,52,53)(H,54,55,56). The number of hydrogen-bond acceptors (Lipinski definition) is 17. The largest absolute Gasteiger partial charge is 0.339 e. The molecule has 0 aliphatic heterocycles. The van der Waals surface area contributed by atoms with E-state index in [1.165, 1.54) is 36.5 Å². The predicted octanol–water partition coefficient (Wildman–Crippen LogP) is 8.99. The molecule has 0 saturated carbocycles. The van der Waals surface area contributed by atoms with Crippen LogP contribution in [-0.4, -0.2) is 53.9 Å². The zero-order valence-corrected chi connectivity index (χ0v) is 33.7. The number of nitriles is 1. The molecule has 3 heterocycles. The van der Waals surface area contributed by atoms with Gasteiger partial charge in [-0.15, -0.1) is 20.5 Å². The minimum atomic E-state index is -4.63. The Labute approximate surface area is 345 Å². The van der Waals surface area contributed by atoms with E-state index in [4.69, 9.17) is 0 Å². The van der Waals surface area contributed by atoms with Crippen molar-refractivity contribution in [3.05, 3.63) is 120 Å². The van der Waals surface area contributed by atoms with Gasteiger partial charge in [-0.25, -0.2) is 9.97 Å². The lowest BCUT2D eigenvalue weighted by Crippen LogP contribution is -2.05. The van der Waals surface area contributed by atoms with Crippen molar-refractivity contribution >= 4 is 97.0 Å². The Bertz CT molecular complexity index is 3250. The number of hydrogen-bond donors (Lipinski definition) is 5. The van der Waals surface area contributed by atoms with Crippen LogP contribution in [0, 0.1) is 18.3 Å². The van der Waals surface area contributed by atoms with Crippen LogP contribution in [0.4, 0.5) is 44.5 Å². The van der Waals surface area contributed by atoms with E-state index in [0.29, 0.717) is 27.8 Å². The Balaban J connectivity index is 1.31. The lowest BCUT2D eigenvalue weighted by molar-refractivity contribution is 0.481. The monoisotopic (exact) mass is 882 g/mol. The molecule has 19 nitrogen and oxygen atoms in total. The number of nitrogens with one attached hydrogen (secondary N) is 2. The molecule has 7 rings (SSSR count). The highest BCUT2D eigenvalue weighted by molar-refractivity contribution is 7.86. The van der Waals surface area contributed by atoms with E-state index in [1.54, 1.807) is 55.5 Å². The zero-order valence-electron chi connectivity index (χ0n) is 30.4. The van der Waals surface area contributed by atoms with Gasteiger partial charge < -0.3 is 10.6 Å². The molecular weight excluding hydrogens is 857 g/mol. The molecule has 0 spiro atoms. The summed E-state index contributed by atoms with van der Waals surface area (Å²) >= 11 is 0.945. The lowest BCUT2D eigenvalue weighted by atomic mass is 10.1. The molecule has 7 aromatic rings. The van der Waals surface area contributed by atoms with E-state index in [9.17, 15) is 44.2 Å². The first-order valence-corrected chi connectivity index (χ1v) is 22.0. The van der Waals surface area contributed by atoms with Crippen LogP contribution >= 0.6 is 11.3 Å². The van der Waals surface area contributed by atoms with Crippen molar-refractivity contribution in [2.45, 2.75) is 21.6 Å². The Kier molecular flexibility index (Phi) is 11.3. The molecule has 0 atom stereocenters. The fourth-order valence-corrected chi connectivity index (χ4v) is 8.05. The third kappa shape index (κ3) is 9.19. The fourth-order valence-electron chi connectivity index (χ4n) is 5.63. The summed E-state index contributed by atoms with van der Waals surface area (Å²) in [5.74, 6) is 0.0186. The van der Waals surface area contributed by atoms with Crippen molar-refractivity contribution in [2.24, 2.45) is 20.5 Å². The molecule has 0 aliphatic carbocycles. The van der Waals surface area contributed by atoms with Gasteiger partial charge in [-0.1, -0.05) is 41.7 Å². The second kappa shape index (κ2) is 16.4. The van der Waals surface area contributed by atoms with Crippen LogP contribution in [0.2, 0.25) is 0 Å². The highest BCUT2D eigenvalue weighted by Gasteiger charge is 2.21. The van der Waals surface area contributed by atoms with Gasteiger partial charge in [0.1, 0.15) is 22.3 Å². The number of rotatable bonds is 12. The van der Waals surface area contributed by atoms with Crippen molar-refractivity contribution < 1.29 is 38.9 Å². The number of thiazole rings is 1. The molecule has 302 valence electrons. The number of fused-ring (bicyclic) bond motifs is 1. The SMILES string of the molecule is Cc1c(C#N)c(Nc2ccc(S(=O)(=O)O)cc2)nc(Nc2ccc(S(=O)(=O)O)cc2)c1N=Nc1nc(-c2ccccn2)c(N=Nc2cc(S(=O)(=O)O)c3ccccc3c2)s1. The Morgan fingerprint density at radius 2 is 1.30 bits per heavy atom. The Morgan fingerprint density at radius 3 is 1.88 bits per heavy atom. The molecule has 0 amide bonds. The van der Waals surface area contributed by atoms with Crippen molar-refractivity contribution in [1.82, 2.24) is 15.0 Å². The van der Waals surface area contributed by atoms with Gasteiger partial charge in [0.25, 0.3) is 30.4 Å². The molecule has 3 aromatic heterocycles. The van der Waals surface area contributed by atoms with Gasteiger partial charge in [-0.2, -0.15) is 30.5 Å². The third-order valence-electron chi connectivity index (χ3n) is 8.44. The summed E-state index contributed by atoms with van der Waals surface area (Å²) in [4.78, 5) is 12.4. The average molecular weight is 883 g/mol. The van der Waals surface area contributed by atoms with E-state index in [2.05, 4.69) is 52.1 Å². The molecule has 0 aliphatic rings. The maximum Gasteiger partial charge on any atom is 0.295 e. The molecule has 60 heavy (non-hydrogen) atoms. The molecule has 5 N–H and O–H groups in total. The van der Waals surface area contributed by atoms with Crippen molar-refractivity contribution in [1.29, 1.82) is 5.26 Å². The molecule has 23 heteroatoms. The van der Waals surface area contributed by atoms with Crippen LogP contribution in [0.5, 0.6) is 0 Å². The van der Waals surface area contributed by atoms with Gasteiger partial charge in [0, 0.05) is 28.5 Å². The number of pyridine rings is 2. The highest BCUT2D eigenvalue weighted by Crippen LogP contribution is 2.42. The van der Waals surface area contributed by atoms with E-state index in [1.807, 2.05) is 0 Å². The molecule has 4 aromatic carbocycles. The number of benzene rings is 4. The van der Waals surface area contributed by atoms with Gasteiger partial charge >= 0.3 is 0 Å². The van der Waals surface area contributed by atoms with Gasteiger partial charge in [0.05, 0.1) is 26.7 Å². The molecule has 0 radical (unpaired) electrons. The van der Waals surface area contributed by atoms with Crippen LogP contribution in [0.3, 0.4) is 0 Å². The number of azo groups is 2. The fraction of sp³-hybridized carbons (Fsp3) is 0.0270. The molecule has 0 bridgehead atoms. The summed E-state index contributed by atoms with van der Waals surface area (Å²) in [6.07, 6.45) is 1.54. The summed E-state index contributed by atoms with van der Waals surface area (Å²) in [6.45, 7) is 1.57. The number of anilines is 4. The summed E-state index contributed by atoms with van der Waals surface area (Å²) in [6, 6.07) is 26.5. The van der Waals surface area contributed by atoms with Crippen molar-refractivity contribution in [3.63, 3.8) is 0 Å². The topological polar surface area (TPSA) is 299 Å². The predicted molar refractivity (Wildman–Crippen MR) is 220 cm³/mol. The summed E-state index contributed by atoms with van der Waals surface area (Å²) in [7, 11) is -13.6. The van der Waals surface area contributed by atoms with Crippen LogP contribution in [0.15, 0.2) is 144 Å². The highest BCUT2D eigenvalue weighted by atomic mass is 32.2. The summed E-state index contributed by atoms with van der Waals surface area (Å²) in [5, 5.41) is 34.6. The number of nitrogens with zero attached hydrogens (tertiary/aromatic N) is 8. The van der Waals surface area contributed by atoms with Gasteiger partial charge in [0.2, 0.25) is 5.13 Å². The quantitative estimate of drug-likeness (QED) is 0.0565. The lowest BCUT2D eigenvalue weighted by Gasteiger charge is -2.16. The molecule has 0 saturated heterocycles. The molecular formula is C37H26N10O9S4. The second-order valence-electron chi connectivity index (χ2n) is 12.4. The summed E-state index contributed by atoms with van der Waals surface area (Å²) in [5.41, 5.74) is 1.66. The van der Waals surface area contributed by atoms with Crippen LogP contribution in [-0.2, 0) is 30.4 Å². The van der Waals surface area contributed by atoms with E-state index in [-0.39, 0.29) is 64.7 Å². The van der Waals surface area contributed by atoms with Gasteiger partial charge in [0.15, 0.2) is 16.6 Å². The number of aromatic nitrogens is 3. The first-order valence-electron chi connectivity index (χ1n) is 16.9. The van der Waals surface area contributed by atoms with E-state index >= 15 is 0 Å². The maximum atomic E-state index is 12.2. The second-order valence-corrected chi connectivity index (χ2v) is 17.6. The molecule has 0 unspecified atom stereocenters. The van der Waals surface area contributed by atoms with Crippen LogP contribution < -0.4 is 10.6 Å². The maximum absolute atomic E-state index is 12.2. The first kappa shape index (κ1) is 41.3. The first-order chi connectivity index (χ1) is 28.5. The zero-order chi connectivity index (χ0) is 42.8. The normalized spacial score (nSPS) is 12.2. The summed E-state index contributed by atoms with van der Waals surface area (Å²) < 4.78 is 99.7. The average Bonchev–Trinajstić information content (AvgIpc) is 3.62. The Hall–Kier alpha value is -6.91. The smallest absolute Gasteiger partial charge is 0.295 e. The van der Waals surface area contributed by atoms with Crippen molar-refractivity contribution in [2.75, 3.05) is 10.6 Å².